The number of hydrogen-bond acceptors (Lipinski definition) is 6. The maximum absolute atomic E-state index is 13.4. The number of aromatic nitrogens is 3. The molecule has 5 rings (SSSR count). The second-order valence-corrected chi connectivity index (χ2v) is 10.2. The van der Waals surface area contributed by atoms with Crippen molar-refractivity contribution in [2.75, 3.05) is 13.2 Å². The van der Waals surface area contributed by atoms with E-state index in [4.69, 9.17) is 4.74 Å². The summed E-state index contributed by atoms with van der Waals surface area (Å²) in [5.41, 5.74) is 2.08. The Labute approximate surface area is 191 Å². The Kier molecular flexibility index (Phi) is 5.26. The Morgan fingerprint density at radius 2 is 2.03 bits per heavy atom. The second-order valence-electron chi connectivity index (χ2n) is 8.30. The molecular weight excluding hydrogens is 446 g/mol. The predicted molar refractivity (Wildman–Crippen MR) is 118 cm³/mol. The Morgan fingerprint density at radius 1 is 1.24 bits per heavy atom. The highest BCUT2D eigenvalue weighted by Gasteiger charge is 2.34. The van der Waals surface area contributed by atoms with E-state index >= 15 is 0 Å². The van der Waals surface area contributed by atoms with Gasteiger partial charge in [-0.1, -0.05) is 18.2 Å². The summed E-state index contributed by atoms with van der Waals surface area (Å²) >= 11 is 0. The zero-order valence-corrected chi connectivity index (χ0v) is 19.1. The average Bonchev–Trinajstić information content (AvgIpc) is 3.40. The van der Waals surface area contributed by atoms with Gasteiger partial charge in [0.1, 0.15) is 29.0 Å². The van der Waals surface area contributed by atoms with E-state index in [1.165, 1.54) is 10.4 Å². The fourth-order valence-corrected chi connectivity index (χ4v) is 6.04. The lowest BCUT2D eigenvalue weighted by Crippen LogP contribution is -2.46. The van der Waals surface area contributed by atoms with E-state index in [1.54, 1.807) is 53.7 Å². The van der Waals surface area contributed by atoms with E-state index < -0.39 is 28.1 Å². The minimum absolute atomic E-state index is 0.0916. The summed E-state index contributed by atoms with van der Waals surface area (Å²) in [5, 5.41) is 17.7. The molecule has 33 heavy (non-hydrogen) atoms. The van der Waals surface area contributed by atoms with Crippen molar-refractivity contribution in [1.29, 1.82) is 0 Å². The second kappa shape index (κ2) is 8.01. The molecule has 2 aromatic heterocycles. The molecule has 11 heteroatoms. The Bertz CT molecular complexity index is 1330. The molecule has 0 aliphatic carbocycles. The summed E-state index contributed by atoms with van der Waals surface area (Å²) in [5.74, 6) is 0.104. The molecule has 2 atom stereocenters. The molecular formula is C22H25N5O5S. The van der Waals surface area contributed by atoms with Gasteiger partial charge in [-0.05, 0) is 25.1 Å². The lowest BCUT2D eigenvalue weighted by molar-refractivity contribution is 0.0612. The molecule has 0 radical (unpaired) electrons. The van der Waals surface area contributed by atoms with Crippen LogP contribution in [0.15, 0.2) is 47.5 Å². The van der Waals surface area contributed by atoms with Crippen LogP contribution >= 0.6 is 0 Å². The number of amides is 1. The number of nitrogens with zero attached hydrogens (tertiary/aromatic N) is 4. The molecule has 2 N–H and O–H groups in total. The van der Waals surface area contributed by atoms with Crippen LogP contribution in [0, 0.1) is 6.92 Å². The summed E-state index contributed by atoms with van der Waals surface area (Å²) in [7, 11) is -2.16. The van der Waals surface area contributed by atoms with E-state index in [-0.39, 0.29) is 23.7 Å². The lowest BCUT2D eigenvalue weighted by Gasteiger charge is -2.30. The molecule has 4 heterocycles. The van der Waals surface area contributed by atoms with Gasteiger partial charge in [0, 0.05) is 31.0 Å². The van der Waals surface area contributed by atoms with Crippen LogP contribution in [0.4, 0.5) is 0 Å². The Morgan fingerprint density at radius 3 is 2.85 bits per heavy atom. The highest BCUT2D eigenvalue weighted by molar-refractivity contribution is 7.89. The first-order chi connectivity index (χ1) is 15.8. The van der Waals surface area contributed by atoms with Crippen LogP contribution in [0.25, 0.3) is 0 Å². The van der Waals surface area contributed by atoms with Crippen molar-refractivity contribution in [1.82, 2.24) is 24.0 Å². The van der Waals surface area contributed by atoms with Crippen molar-refractivity contribution in [2.24, 2.45) is 7.05 Å². The van der Waals surface area contributed by atoms with Crippen LogP contribution in [-0.4, -0.2) is 57.3 Å². The predicted octanol–water partition coefficient (Wildman–Crippen LogP) is 0.959. The smallest absolute Gasteiger partial charge is 0.268 e. The molecule has 10 nitrogen and oxygen atoms in total. The van der Waals surface area contributed by atoms with Crippen LogP contribution in [0.5, 0.6) is 5.75 Å². The number of aliphatic hydroxyl groups excluding tert-OH is 1. The van der Waals surface area contributed by atoms with Crippen LogP contribution in [0.3, 0.4) is 0 Å². The number of sulfonamides is 1. The van der Waals surface area contributed by atoms with Gasteiger partial charge in [-0.25, -0.2) is 8.42 Å². The standard InChI is InChI=1S/C22H25N5O5S/c1-14-20(33(30,31)26-9-10-27-15(12-26)7-8-23-27)11-18(25(14)2)22(29)24-17-13-32-19-6-4-3-5-16(19)21(17)28/h3-8,11,17,21,28H,9-10,12-13H2,1-2H3,(H,24,29)/t17-,21-/m1/s1. The van der Waals surface area contributed by atoms with Gasteiger partial charge in [0.25, 0.3) is 5.91 Å². The number of para-hydroxylation sites is 1. The number of nitrogens with one attached hydrogen (secondary N) is 1. The molecule has 0 unspecified atom stereocenters. The van der Waals surface area contributed by atoms with Crippen molar-refractivity contribution >= 4 is 15.9 Å². The van der Waals surface area contributed by atoms with E-state index in [2.05, 4.69) is 10.4 Å². The molecule has 174 valence electrons. The van der Waals surface area contributed by atoms with Crippen molar-refractivity contribution in [3.05, 3.63) is 65.2 Å². The molecule has 0 fully saturated rings. The molecule has 1 amide bonds. The zero-order valence-electron chi connectivity index (χ0n) is 18.3. The number of hydrogen-bond donors (Lipinski definition) is 2. The average molecular weight is 472 g/mol. The monoisotopic (exact) mass is 471 g/mol. The molecule has 0 bridgehead atoms. The maximum Gasteiger partial charge on any atom is 0.268 e. The summed E-state index contributed by atoms with van der Waals surface area (Å²) in [6.45, 7) is 2.79. The largest absolute Gasteiger partial charge is 0.491 e. The van der Waals surface area contributed by atoms with Crippen LogP contribution < -0.4 is 10.1 Å². The third-order valence-electron chi connectivity index (χ3n) is 6.40. The highest BCUT2D eigenvalue weighted by Crippen LogP contribution is 2.32. The molecule has 2 aliphatic rings. The van der Waals surface area contributed by atoms with Gasteiger partial charge >= 0.3 is 0 Å². The third kappa shape index (κ3) is 3.62. The lowest BCUT2D eigenvalue weighted by atomic mass is 9.99. The summed E-state index contributed by atoms with van der Waals surface area (Å²) in [4.78, 5) is 13.2. The molecule has 3 aromatic rings. The number of fused-ring (bicyclic) bond motifs is 2. The first-order valence-corrected chi connectivity index (χ1v) is 12.1. The van der Waals surface area contributed by atoms with Crippen LogP contribution in [0.1, 0.15) is 33.5 Å². The SMILES string of the molecule is Cc1c(S(=O)(=O)N2CCn3nccc3C2)cc(C(=O)N[C@@H]2COc3ccccc3[C@H]2O)n1C. The van der Waals surface area contributed by atoms with E-state index in [0.717, 1.165) is 5.69 Å². The minimum atomic E-state index is -3.82. The molecule has 0 saturated heterocycles. The van der Waals surface area contributed by atoms with Gasteiger partial charge in [-0.2, -0.15) is 9.40 Å². The van der Waals surface area contributed by atoms with Crippen LogP contribution in [0.2, 0.25) is 0 Å². The number of carbonyl (C=O) groups excluding carboxylic acids is 1. The van der Waals surface area contributed by atoms with Gasteiger partial charge in [-0.3, -0.25) is 9.48 Å². The number of benzene rings is 1. The molecule has 2 aliphatic heterocycles. The first-order valence-electron chi connectivity index (χ1n) is 10.6. The van der Waals surface area contributed by atoms with Gasteiger partial charge in [0.2, 0.25) is 10.0 Å². The zero-order chi connectivity index (χ0) is 23.3. The van der Waals surface area contributed by atoms with Gasteiger partial charge in [-0.15, -0.1) is 0 Å². The molecule has 0 spiro atoms. The van der Waals surface area contributed by atoms with E-state index in [0.29, 0.717) is 30.1 Å². The normalized spacial score (nSPS) is 20.6. The summed E-state index contributed by atoms with van der Waals surface area (Å²) in [6, 6.07) is 9.66. The third-order valence-corrected chi connectivity index (χ3v) is 8.36. The number of aliphatic hydroxyl groups is 1. The first kappa shape index (κ1) is 21.7. The summed E-state index contributed by atoms with van der Waals surface area (Å²) < 4.78 is 37.2. The number of carbonyl (C=O) groups is 1. The number of ether oxygens (including phenoxy) is 1. The highest BCUT2D eigenvalue weighted by atomic mass is 32.2. The Balaban J connectivity index is 1.38. The van der Waals surface area contributed by atoms with Crippen LogP contribution in [-0.2, 0) is 30.2 Å². The minimum Gasteiger partial charge on any atom is -0.491 e. The topological polar surface area (TPSA) is 119 Å². The molecule has 0 saturated carbocycles. The van der Waals surface area contributed by atoms with Gasteiger partial charge < -0.3 is 19.7 Å². The fraction of sp³-hybridized carbons (Fsp3) is 0.364. The van der Waals surface area contributed by atoms with E-state index in [1.807, 2.05) is 6.07 Å². The Hall–Kier alpha value is -3.15. The van der Waals surface area contributed by atoms with E-state index in [9.17, 15) is 18.3 Å². The van der Waals surface area contributed by atoms with Crippen molar-refractivity contribution < 1.29 is 23.1 Å². The molecule has 1 aromatic carbocycles. The van der Waals surface area contributed by atoms with Crippen molar-refractivity contribution in [3.8, 4) is 5.75 Å². The fourth-order valence-electron chi connectivity index (χ4n) is 4.36. The quantitative estimate of drug-likeness (QED) is 0.585. The number of rotatable bonds is 4. The maximum atomic E-state index is 13.4. The van der Waals surface area contributed by atoms with Gasteiger partial charge in [0.05, 0.1) is 24.8 Å². The van der Waals surface area contributed by atoms with Crippen molar-refractivity contribution in [2.45, 2.75) is 37.1 Å². The van der Waals surface area contributed by atoms with Gasteiger partial charge in [0.15, 0.2) is 0 Å². The summed E-state index contributed by atoms with van der Waals surface area (Å²) in [6.07, 6.45) is 0.727. The van der Waals surface area contributed by atoms with Crippen molar-refractivity contribution in [3.63, 3.8) is 0 Å².